The second-order valence-electron chi connectivity index (χ2n) is 4.40. The molecule has 2 aliphatic rings. The van der Waals surface area contributed by atoms with Crippen molar-refractivity contribution in [1.82, 2.24) is 5.32 Å². The van der Waals surface area contributed by atoms with Gasteiger partial charge in [-0.05, 0) is 25.2 Å². The van der Waals surface area contributed by atoms with E-state index in [9.17, 15) is 4.79 Å². The Hall–Kier alpha value is -0.610. The maximum absolute atomic E-state index is 11.5. The molecule has 4 heteroatoms. The van der Waals surface area contributed by atoms with Crippen LogP contribution in [0.15, 0.2) is 0 Å². The molecule has 0 bridgehead atoms. The number of hydrogen-bond acceptors (Lipinski definition) is 3. The van der Waals surface area contributed by atoms with Gasteiger partial charge in [0, 0.05) is 19.2 Å². The molecular weight excluding hydrogens is 180 g/mol. The van der Waals surface area contributed by atoms with Gasteiger partial charge in [0.25, 0.3) is 0 Å². The van der Waals surface area contributed by atoms with Gasteiger partial charge < -0.3 is 15.8 Å². The van der Waals surface area contributed by atoms with E-state index < -0.39 is 0 Å². The smallest absolute Gasteiger partial charge is 0.225 e. The van der Waals surface area contributed by atoms with Crippen molar-refractivity contribution in [3.8, 4) is 0 Å². The number of hydrogen-bond donors (Lipinski definition) is 2. The van der Waals surface area contributed by atoms with E-state index in [1.54, 1.807) is 0 Å². The van der Waals surface area contributed by atoms with Crippen LogP contribution in [0.4, 0.5) is 0 Å². The van der Waals surface area contributed by atoms with Gasteiger partial charge in [-0.3, -0.25) is 4.79 Å². The van der Waals surface area contributed by atoms with Crippen LogP contribution in [0.25, 0.3) is 0 Å². The van der Waals surface area contributed by atoms with E-state index in [1.807, 2.05) is 0 Å². The van der Waals surface area contributed by atoms with Crippen LogP contribution >= 0.6 is 0 Å². The molecule has 14 heavy (non-hydrogen) atoms. The van der Waals surface area contributed by atoms with Crippen molar-refractivity contribution in [3.63, 3.8) is 0 Å². The first kappa shape index (κ1) is 9.93. The zero-order valence-corrected chi connectivity index (χ0v) is 8.37. The SMILES string of the molecule is NC1CC(CNC(=O)C2CCOC2)C1. The van der Waals surface area contributed by atoms with Crippen molar-refractivity contribution in [2.45, 2.75) is 25.3 Å². The molecule has 0 aromatic carbocycles. The van der Waals surface area contributed by atoms with Gasteiger partial charge >= 0.3 is 0 Å². The summed E-state index contributed by atoms with van der Waals surface area (Å²) in [4.78, 5) is 11.5. The van der Waals surface area contributed by atoms with E-state index in [-0.39, 0.29) is 11.8 Å². The predicted molar refractivity (Wildman–Crippen MR) is 52.6 cm³/mol. The summed E-state index contributed by atoms with van der Waals surface area (Å²) >= 11 is 0. The molecule has 1 amide bonds. The number of carbonyl (C=O) groups excluding carboxylic acids is 1. The van der Waals surface area contributed by atoms with Gasteiger partial charge in [0.1, 0.15) is 0 Å². The van der Waals surface area contributed by atoms with Crippen LogP contribution < -0.4 is 11.1 Å². The van der Waals surface area contributed by atoms with Crippen molar-refractivity contribution in [2.24, 2.45) is 17.6 Å². The Morgan fingerprint density at radius 1 is 1.50 bits per heavy atom. The minimum Gasteiger partial charge on any atom is -0.381 e. The van der Waals surface area contributed by atoms with E-state index in [4.69, 9.17) is 10.5 Å². The van der Waals surface area contributed by atoms with Crippen LogP contribution in [0.2, 0.25) is 0 Å². The van der Waals surface area contributed by atoms with Crippen molar-refractivity contribution in [1.29, 1.82) is 0 Å². The molecule has 2 fully saturated rings. The third kappa shape index (κ3) is 2.25. The lowest BCUT2D eigenvalue weighted by atomic mass is 9.81. The summed E-state index contributed by atoms with van der Waals surface area (Å²) in [5, 5.41) is 2.97. The minimum absolute atomic E-state index is 0.0868. The van der Waals surface area contributed by atoms with Gasteiger partial charge in [-0.15, -0.1) is 0 Å². The van der Waals surface area contributed by atoms with Crippen LogP contribution in [0, 0.1) is 11.8 Å². The lowest BCUT2D eigenvalue weighted by Gasteiger charge is -2.32. The topological polar surface area (TPSA) is 64.3 Å². The Morgan fingerprint density at radius 2 is 2.29 bits per heavy atom. The van der Waals surface area contributed by atoms with E-state index in [2.05, 4.69) is 5.32 Å². The monoisotopic (exact) mass is 198 g/mol. The number of nitrogens with one attached hydrogen (secondary N) is 1. The Labute approximate surface area is 84.2 Å². The summed E-state index contributed by atoms with van der Waals surface area (Å²) in [6, 6.07) is 0.367. The summed E-state index contributed by atoms with van der Waals surface area (Å²) in [5.74, 6) is 0.850. The normalized spacial score (nSPS) is 36.5. The molecule has 0 spiro atoms. The molecule has 1 saturated carbocycles. The quantitative estimate of drug-likeness (QED) is 0.664. The fourth-order valence-electron chi connectivity index (χ4n) is 2.08. The number of nitrogens with two attached hydrogens (primary N) is 1. The fourth-order valence-corrected chi connectivity index (χ4v) is 2.08. The van der Waals surface area contributed by atoms with Crippen LogP contribution in [0.5, 0.6) is 0 Å². The van der Waals surface area contributed by atoms with Gasteiger partial charge in [0.05, 0.1) is 12.5 Å². The average Bonchev–Trinajstić information content (AvgIpc) is 2.62. The molecule has 4 nitrogen and oxygen atoms in total. The van der Waals surface area contributed by atoms with Crippen molar-refractivity contribution in [2.75, 3.05) is 19.8 Å². The first-order valence-corrected chi connectivity index (χ1v) is 5.36. The van der Waals surface area contributed by atoms with E-state index in [1.165, 1.54) is 0 Å². The summed E-state index contributed by atoms with van der Waals surface area (Å²) in [6.45, 7) is 2.12. The second-order valence-corrected chi connectivity index (χ2v) is 4.40. The van der Waals surface area contributed by atoms with Crippen LogP contribution in [0.3, 0.4) is 0 Å². The predicted octanol–water partition coefficient (Wildman–Crippen LogP) is -0.124. The molecule has 0 aromatic heterocycles. The highest BCUT2D eigenvalue weighted by atomic mass is 16.5. The average molecular weight is 198 g/mol. The van der Waals surface area contributed by atoms with Crippen LogP contribution in [-0.2, 0) is 9.53 Å². The van der Waals surface area contributed by atoms with Crippen molar-refractivity contribution in [3.05, 3.63) is 0 Å². The summed E-state index contributed by atoms with van der Waals surface area (Å²) in [5.41, 5.74) is 5.66. The summed E-state index contributed by atoms with van der Waals surface area (Å²) in [7, 11) is 0. The van der Waals surface area contributed by atoms with Gasteiger partial charge in [0.2, 0.25) is 5.91 Å². The maximum atomic E-state index is 11.5. The highest BCUT2D eigenvalue weighted by molar-refractivity contribution is 5.78. The summed E-state index contributed by atoms with van der Waals surface area (Å²) in [6.07, 6.45) is 2.99. The second kappa shape index (κ2) is 4.28. The van der Waals surface area contributed by atoms with Gasteiger partial charge in [-0.1, -0.05) is 0 Å². The first-order chi connectivity index (χ1) is 6.75. The Balaban J connectivity index is 1.62. The molecule has 0 aromatic rings. The molecule has 1 aliphatic carbocycles. The Morgan fingerprint density at radius 3 is 2.86 bits per heavy atom. The number of amides is 1. The Bertz CT molecular complexity index is 208. The first-order valence-electron chi connectivity index (χ1n) is 5.36. The standard InChI is InChI=1S/C10H18N2O2/c11-9-3-7(4-9)5-12-10(13)8-1-2-14-6-8/h7-9H,1-6,11H2,(H,12,13). The molecule has 80 valence electrons. The largest absolute Gasteiger partial charge is 0.381 e. The van der Waals surface area contributed by atoms with Gasteiger partial charge in [-0.2, -0.15) is 0 Å². The molecular formula is C10H18N2O2. The van der Waals surface area contributed by atoms with Crippen LogP contribution in [-0.4, -0.2) is 31.7 Å². The van der Waals surface area contributed by atoms with E-state index >= 15 is 0 Å². The van der Waals surface area contributed by atoms with Crippen molar-refractivity contribution >= 4 is 5.91 Å². The minimum atomic E-state index is 0.0868. The number of ether oxygens (including phenoxy) is 1. The van der Waals surface area contributed by atoms with Crippen molar-refractivity contribution < 1.29 is 9.53 Å². The molecule has 2 rings (SSSR count). The Kier molecular flexibility index (Phi) is 3.03. The van der Waals surface area contributed by atoms with E-state index in [0.29, 0.717) is 18.6 Å². The third-order valence-corrected chi connectivity index (χ3v) is 3.14. The summed E-state index contributed by atoms with van der Waals surface area (Å²) < 4.78 is 5.16. The van der Waals surface area contributed by atoms with E-state index in [0.717, 1.165) is 32.4 Å². The third-order valence-electron chi connectivity index (χ3n) is 3.14. The van der Waals surface area contributed by atoms with Crippen LogP contribution in [0.1, 0.15) is 19.3 Å². The fraction of sp³-hybridized carbons (Fsp3) is 0.900. The lowest BCUT2D eigenvalue weighted by molar-refractivity contribution is -0.125. The lowest BCUT2D eigenvalue weighted by Crippen LogP contribution is -2.43. The van der Waals surface area contributed by atoms with Gasteiger partial charge in [-0.25, -0.2) is 0 Å². The van der Waals surface area contributed by atoms with Gasteiger partial charge in [0.15, 0.2) is 0 Å². The maximum Gasteiger partial charge on any atom is 0.225 e. The zero-order valence-electron chi connectivity index (χ0n) is 8.37. The number of rotatable bonds is 3. The zero-order chi connectivity index (χ0) is 9.97. The molecule has 0 radical (unpaired) electrons. The number of carbonyl (C=O) groups is 1. The molecule has 1 unspecified atom stereocenters. The highest BCUT2D eigenvalue weighted by Crippen LogP contribution is 2.24. The molecule has 1 atom stereocenters. The molecule has 1 saturated heterocycles. The molecule has 1 heterocycles. The molecule has 1 aliphatic heterocycles. The highest BCUT2D eigenvalue weighted by Gasteiger charge is 2.28. The molecule has 3 N–H and O–H groups in total.